The molecule has 4 rings (SSSR count). The second-order valence-electron chi connectivity index (χ2n) is 4.59. The van der Waals surface area contributed by atoms with Crippen LogP contribution >= 0.6 is 0 Å². The average Bonchev–Trinajstić information content (AvgIpc) is 2.71. The van der Waals surface area contributed by atoms with Crippen molar-refractivity contribution in [2.24, 2.45) is 0 Å². The Morgan fingerprint density at radius 1 is 1.00 bits per heavy atom. The molecule has 19 heavy (non-hydrogen) atoms. The van der Waals surface area contributed by atoms with Gasteiger partial charge in [0, 0.05) is 13.6 Å². The van der Waals surface area contributed by atoms with E-state index in [1.54, 1.807) is 7.05 Å². The third-order valence-electron chi connectivity index (χ3n) is 3.32. The van der Waals surface area contributed by atoms with Crippen molar-refractivity contribution in [3.05, 3.63) is 35.4 Å². The number of ether oxygens (including phenoxy) is 2. The molecule has 0 radical (unpaired) electrons. The van der Waals surface area contributed by atoms with E-state index >= 15 is 0 Å². The lowest BCUT2D eigenvalue weighted by molar-refractivity contribution is -0.184. The van der Waals surface area contributed by atoms with Crippen LogP contribution in [0.5, 0.6) is 0 Å². The van der Waals surface area contributed by atoms with E-state index in [4.69, 9.17) is 9.47 Å². The molecule has 0 unspecified atom stereocenters. The minimum Gasteiger partial charge on any atom is -0.409 e. The number of nitrogens with zero attached hydrogens (tertiary/aromatic N) is 1. The first-order valence-corrected chi connectivity index (χ1v) is 5.84. The van der Waals surface area contributed by atoms with Crippen molar-refractivity contribution in [1.82, 2.24) is 4.90 Å². The number of carbonyl (C=O) groups excluding carboxylic acids is 3. The van der Waals surface area contributed by atoms with Gasteiger partial charge in [-0.2, -0.15) is 0 Å². The van der Waals surface area contributed by atoms with Gasteiger partial charge in [-0.05, 0) is 24.3 Å². The number of hydrogen-bond acceptors (Lipinski definition) is 5. The zero-order valence-electron chi connectivity index (χ0n) is 10.2. The second kappa shape index (κ2) is 3.81. The molecule has 0 aliphatic carbocycles. The summed E-state index contributed by atoms with van der Waals surface area (Å²) in [6.07, 6.45) is 0.139. The summed E-state index contributed by atoms with van der Waals surface area (Å²) in [5.41, 5.74) is 0.563. The number of carbonyl (C=O) groups is 3. The lowest BCUT2D eigenvalue weighted by Crippen LogP contribution is -2.46. The van der Waals surface area contributed by atoms with Gasteiger partial charge in [0.1, 0.15) is 0 Å². The molecule has 0 atom stereocenters. The highest BCUT2D eigenvalue weighted by Crippen LogP contribution is 2.31. The van der Waals surface area contributed by atoms with Gasteiger partial charge in [0.2, 0.25) is 0 Å². The van der Waals surface area contributed by atoms with Crippen molar-refractivity contribution in [2.45, 2.75) is 12.2 Å². The molecule has 1 aromatic carbocycles. The highest BCUT2D eigenvalue weighted by Gasteiger charge is 2.53. The summed E-state index contributed by atoms with van der Waals surface area (Å²) in [4.78, 5) is 37.4. The van der Waals surface area contributed by atoms with E-state index in [1.165, 1.54) is 29.2 Å². The van der Waals surface area contributed by atoms with E-state index < -0.39 is 23.6 Å². The van der Waals surface area contributed by atoms with Gasteiger partial charge < -0.3 is 14.4 Å². The quantitative estimate of drug-likeness (QED) is 0.638. The van der Waals surface area contributed by atoms with Crippen molar-refractivity contribution in [3.8, 4) is 0 Å². The number of rotatable bonds is 0. The van der Waals surface area contributed by atoms with Gasteiger partial charge in [-0.15, -0.1) is 0 Å². The van der Waals surface area contributed by atoms with Crippen LogP contribution in [0.3, 0.4) is 0 Å². The van der Waals surface area contributed by atoms with E-state index in [9.17, 15) is 14.4 Å². The Hall–Kier alpha value is -2.37. The Kier molecular flexibility index (Phi) is 2.35. The van der Waals surface area contributed by atoms with Crippen LogP contribution in [0.2, 0.25) is 0 Å². The number of hydrogen-bond donors (Lipinski definition) is 0. The summed E-state index contributed by atoms with van der Waals surface area (Å²) >= 11 is 0. The van der Waals surface area contributed by atoms with Crippen LogP contribution in [0.25, 0.3) is 0 Å². The average molecular weight is 261 g/mol. The Morgan fingerprint density at radius 2 is 1.47 bits per heavy atom. The molecule has 6 nitrogen and oxygen atoms in total. The molecule has 6 heteroatoms. The van der Waals surface area contributed by atoms with Crippen molar-refractivity contribution < 1.29 is 23.9 Å². The molecule has 0 saturated carbocycles. The first-order valence-electron chi connectivity index (χ1n) is 5.84. The molecule has 1 saturated heterocycles. The summed E-state index contributed by atoms with van der Waals surface area (Å²) in [7, 11) is 1.57. The van der Waals surface area contributed by atoms with Crippen LogP contribution in [0, 0.1) is 0 Å². The third-order valence-corrected chi connectivity index (χ3v) is 3.32. The topological polar surface area (TPSA) is 72.9 Å². The van der Waals surface area contributed by atoms with Gasteiger partial charge in [-0.25, -0.2) is 9.59 Å². The maximum Gasteiger partial charge on any atom is 0.341 e. The fourth-order valence-corrected chi connectivity index (χ4v) is 2.18. The Morgan fingerprint density at radius 3 is 1.84 bits per heavy atom. The van der Waals surface area contributed by atoms with Crippen molar-refractivity contribution in [3.63, 3.8) is 0 Å². The van der Waals surface area contributed by atoms with Crippen LogP contribution in [0.15, 0.2) is 24.3 Å². The van der Waals surface area contributed by atoms with Crippen LogP contribution < -0.4 is 0 Å². The number of fused-ring (bicyclic) bond motifs is 4. The third kappa shape index (κ3) is 1.68. The SMILES string of the molecule is CN1CCC2(OC(=O)c3ccc(cc3)C(=O)O2)C1=O. The van der Waals surface area contributed by atoms with Gasteiger partial charge in [-0.1, -0.05) is 0 Å². The minimum absolute atomic E-state index is 0.139. The fraction of sp³-hybridized carbons (Fsp3) is 0.308. The molecule has 1 amide bonds. The van der Waals surface area contributed by atoms with Gasteiger partial charge in [-0.3, -0.25) is 4.79 Å². The number of amides is 1. The van der Waals surface area contributed by atoms with E-state index in [0.717, 1.165) is 0 Å². The maximum absolute atomic E-state index is 12.1. The van der Waals surface area contributed by atoms with E-state index in [1.807, 2.05) is 0 Å². The largest absolute Gasteiger partial charge is 0.409 e. The van der Waals surface area contributed by atoms with Crippen molar-refractivity contribution >= 4 is 17.8 Å². The monoisotopic (exact) mass is 261 g/mol. The lowest BCUT2D eigenvalue weighted by Gasteiger charge is -2.25. The van der Waals surface area contributed by atoms with Gasteiger partial charge in [0.25, 0.3) is 0 Å². The Labute approximate surface area is 108 Å². The summed E-state index contributed by atoms with van der Waals surface area (Å²) in [6.45, 7) is 0.366. The zero-order chi connectivity index (χ0) is 13.6. The molecule has 3 aliphatic rings. The standard InChI is InChI=1S/C13H11NO5/c1-14-7-6-13(12(14)17)18-10(15)8-2-3-9(5-4-8)11(16)19-13/h2-5H,6-7H2,1H3. The molecule has 3 aliphatic heterocycles. The lowest BCUT2D eigenvalue weighted by atomic mass is 10.1. The molecule has 1 spiro atoms. The van der Waals surface area contributed by atoms with Gasteiger partial charge in [0.05, 0.1) is 17.5 Å². The number of likely N-dealkylation sites (N-methyl/N-ethyl adjacent to an activating group) is 1. The van der Waals surface area contributed by atoms with Gasteiger partial charge in [0.15, 0.2) is 0 Å². The second-order valence-corrected chi connectivity index (χ2v) is 4.59. The molecule has 3 heterocycles. The highest BCUT2D eigenvalue weighted by molar-refractivity contribution is 5.99. The van der Waals surface area contributed by atoms with Crippen LogP contribution in [0.4, 0.5) is 0 Å². The molecule has 2 bridgehead atoms. The summed E-state index contributed by atoms with van der Waals surface area (Å²) in [6, 6.07) is 5.89. The van der Waals surface area contributed by atoms with E-state index in [-0.39, 0.29) is 17.5 Å². The normalized spacial score (nSPS) is 20.9. The predicted molar refractivity (Wildman–Crippen MR) is 62.3 cm³/mol. The predicted octanol–water partition coefficient (Wildman–Crippen LogP) is 0.572. The van der Waals surface area contributed by atoms with Crippen LogP contribution in [-0.4, -0.2) is 42.1 Å². The highest BCUT2D eigenvalue weighted by atomic mass is 16.7. The first kappa shape index (κ1) is 11.7. The van der Waals surface area contributed by atoms with Crippen LogP contribution in [-0.2, 0) is 14.3 Å². The number of esters is 2. The minimum atomic E-state index is -1.82. The summed E-state index contributed by atoms with van der Waals surface area (Å²) in [5.74, 6) is -3.69. The molecule has 98 valence electrons. The summed E-state index contributed by atoms with van der Waals surface area (Å²) in [5, 5.41) is 0. The summed E-state index contributed by atoms with van der Waals surface area (Å²) < 4.78 is 10.4. The molecule has 1 aromatic rings. The molecule has 0 N–H and O–H groups in total. The van der Waals surface area contributed by atoms with Crippen LogP contribution in [0.1, 0.15) is 27.1 Å². The first-order chi connectivity index (χ1) is 9.02. The van der Waals surface area contributed by atoms with Crippen molar-refractivity contribution in [1.29, 1.82) is 0 Å². The number of benzene rings is 1. The van der Waals surface area contributed by atoms with E-state index in [0.29, 0.717) is 6.54 Å². The number of likely N-dealkylation sites (tertiary alicyclic amines) is 1. The Balaban J connectivity index is 2.07. The zero-order valence-corrected chi connectivity index (χ0v) is 10.2. The van der Waals surface area contributed by atoms with Gasteiger partial charge >= 0.3 is 23.6 Å². The smallest absolute Gasteiger partial charge is 0.341 e. The maximum atomic E-state index is 12.1. The molecular formula is C13H11NO5. The molecular weight excluding hydrogens is 250 g/mol. The van der Waals surface area contributed by atoms with E-state index in [2.05, 4.69) is 0 Å². The molecule has 0 aromatic heterocycles. The van der Waals surface area contributed by atoms with Crippen molar-refractivity contribution in [2.75, 3.05) is 13.6 Å². The fourth-order valence-electron chi connectivity index (χ4n) is 2.18. The molecule has 1 fully saturated rings. The Bertz CT molecular complexity index is 540.